The van der Waals surface area contributed by atoms with Crippen molar-refractivity contribution in [1.29, 1.82) is 0 Å². The summed E-state index contributed by atoms with van der Waals surface area (Å²) in [4.78, 5) is 0. The molecule has 0 aliphatic heterocycles. The van der Waals surface area contributed by atoms with Gasteiger partial charge in [-0.1, -0.05) is 12.1 Å². The number of hydrogen-bond acceptors (Lipinski definition) is 4. The molecular weight excluding hydrogens is 238 g/mol. The Labute approximate surface area is 103 Å². The largest absolute Gasteiger partial charge is 0.497 e. The van der Waals surface area contributed by atoms with Gasteiger partial charge in [0, 0.05) is 0 Å². The van der Waals surface area contributed by atoms with Crippen LogP contribution in [0.5, 0.6) is 5.75 Å². The summed E-state index contributed by atoms with van der Waals surface area (Å²) in [5, 5.41) is 0. The monoisotopic (exact) mass is 257 g/mol. The van der Waals surface area contributed by atoms with E-state index in [1.54, 1.807) is 7.11 Å². The summed E-state index contributed by atoms with van der Waals surface area (Å²) in [6.45, 7) is 0.418. The van der Waals surface area contributed by atoms with Crippen LogP contribution in [0.15, 0.2) is 24.3 Å². The molecule has 0 saturated heterocycles. The highest BCUT2D eigenvalue weighted by atomic mass is 32.2. The molecule has 0 spiro atoms. The second kappa shape index (κ2) is 6.61. The maximum atomic E-state index is 11.6. The van der Waals surface area contributed by atoms with Crippen LogP contribution in [0.2, 0.25) is 0 Å². The summed E-state index contributed by atoms with van der Waals surface area (Å²) in [5.74, 6) is 1.14. The van der Waals surface area contributed by atoms with Gasteiger partial charge in [0.15, 0.2) is 9.84 Å². The van der Waals surface area contributed by atoms with Gasteiger partial charge in [0.05, 0.1) is 18.6 Å². The number of nitrogens with two attached hydrogens (primary N) is 1. The minimum atomic E-state index is -2.97. The highest BCUT2D eigenvalue weighted by molar-refractivity contribution is 7.91. The van der Waals surface area contributed by atoms with Crippen LogP contribution in [0, 0.1) is 0 Å². The minimum Gasteiger partial charge on any atom is -0.497 e. The van der Waals surface area contributed by atoms with Crippen molar-refractivity contribution in [2.75, 3.05) is 25.2 Å². The number of rotatable bonds is 7. The van der Waals surface area contributed by atoms with Crippen molar-refractivity contribution in [3.05, 3.63) is 29.8 Å². The second-order valence-corrected chi connectivity index (χ2v) is 6.20. The molecule has 1 aromatic rings. The minimum absolute atomic E-state index is 0.180. The zero-order valence-corrected chi connectivity index (χ0v) is 10.9. The Morgan fingerprint density at radius 2 is 1.82 bits per heavy atom. The van der Waals surface area contributed by atoms with Gasteiger partial charge >= 0.3 is 0 Å². The highest BCUT2D eigenvalue weighted by Crippen LogP contribution is 2.12. The Bertz CT molecular complexity index is 426. The van der Waals surface area contributed by atoms with Crippen LogP contribution < -0.4 is 10.5 Å². The first-order chi connectivity index (χ1) is 8.07. The van der Waals surface area contributed by atoms with Crippen LogP contribution in [0.3, 0.4) is 0 Å². The van der Waals surface area contributed by atoms with Crippen molar-refractivity contribution in [1.82, 2.24) is 0 Å². The van der Waals surface area contributed by atoms with E-state index in [2.05, 4.69) is 0 Å². The second-order valence-electron chi connectivity index (χ2n) is 3.89. The Balaban J connectivity index is 2.49. The number of aryl methyl sites for hydroxylation is 1. The Morgan fingerprint density at radius 1 is 1.18 bits per heavy atom. The quantitative estimate of drug-likeness (QED) is 0.791. The molecule has 96 valence electrons. The zero-order valence-electron chi connectivity index (χ0n) is 10.1. The lowest BCUT2D eigenvalue weighted by molar-refractivity contribution is 0.414. The van der Waals surface area contributed by atoms with E-state index >= 15 is 0 Å². The highest BCUT2D eigenvalue weighted by Gasteiger charge is 2.10. The summed E-state index contributed by atoms with van der Waals surface area (Å²) in [5.41, 5.74) is 6.30. The third-order valence-electron chi connectivity index (χ3n) is 2.52. The van der Waals surface area contributed by atoms with Crippen LogP contribution in [-0.2, 0) is 16.3 Å². The molecule has 0 aromatic heterocycles. The lowest BCUT2D eigenvalue weighted by Crippen LogP contribution is -2.15. The van der Waals surface area contributed by atoms with Gasteiger partial charge in [0.1, 0.15) is 5.75 Å². The average molecular weight is 257 g/mol. The van der Waals surface area contributed by atoms with E-state index in [0.717, 1.165) is 11.3 Å². The molecule has 0 radical (unpaired) electrons. The van der Waals surface area contributed by atoms with Gasteiger partial charge in [-0.25, -0.2) is 8.42 Å². The van der Waals surface area contributed by atoms with Gasteiger partial charge in [-0.2, -0.15) is 0 Å². The molecule has 0 aliphatic rings. The van der Waals surface area contributed by atoms with E-state index in [9.17, 15) is 8.42 Å². The number of sulfone groups is 1. The van der Waals surface area contributed by atoms with Crippen molar-refractivity contribution >= 4 is 9.84 Å². The van der Waals surface area contributed by atoms with E-state index in [1.165, 1.54) is 0 Å². The first kappa shape index (κ1) is 14.0. The first-order valence-corrected chi connectivity index (χ1v) is 7.43. The van der Waals surface area contributed by atoms with Crippen molar-refractivity contribution in [2.45, 2.75) is 12.8 Å². The fraction of sp³-hybridized carbons (Fsp3) is 0.500. The molecular formula is C12H19NO3S. The van der Waals surface area contributed by atoms with Gasteiger partial charge < -0.3 is 10.5 Å². The van der Waals surface area contributed by atoms with Gasteiger partial charge in [0.25, 0.3) is 0 Å². The molecule has 0 atom stereocenters. The van der Waals surface area contributed by atoms with Crippen LogP contribution in [0.25, 0.3) is 0 Å². The van der Waals surface area contributed by atoms with Crippen LogP contribution in [0.1, 0.15) is 12.0 Å². The summed E-state index contributed by atoms with van der Waals surface area (Å²) in [7, 11) is -1.37. The lowest BCUT2D eigenvalue weighted by Gasteiger charge is -2.05. The van der Waals surface area contributed by atoms with E-state index in [4.69, 9.17) is 10.5 Å². The van der Waals surface area contributed by atoms with Gasteiger partial charge in [-0.15, -0.1) is 0 Å². The molecule has 0 saturated carbocycles. The van der Waals surface area contributed by atoms with Crippen LogP contribution in [0.4, 0.5) is 0 Å². The van der Waals surface area contributed by atoms with Gasteiger partial charge in [-0.3, -0.25) is 0 Å². The van der Waals surface area contributed by atoms with Crippen molar-refractivity contribution in [3.63, 3.8) is 0 Å². The van der Waals surface area contributed by atoms with E-state index in [1.807, 2.05) is 24.3 Å². The Kier molecular flexibility index (Phi) is 5.44. The van der Waals surface area contributed by atoms with Crippen LogP contribution in [-0.4, -0.2) is 33.6 Å². The number of ether oxygens (including phenoxy) is 1. The molecule has 17 heavy (non-hydrogen) atoms. The van der Waals surface area contributed by atoms with E-state index in [0.29, 0.717) is 19.4 Å². The van der Waals surface area contributed by atoms with E-state index < -0.39 is 9.84 Å². The topological polar surface area (TPSA) is 69.4 Å². The standard InChI is InChI=1S/C12H19NO3S/c1-16-12-5-3-11(4-6-12)7-10-17(14,15)9-2-8-13/h3-6H,2,7-10,13H2,1H3. The Hall–Kier alpha value is -1.07. The smallest absolute Gasteiger partial charge is 0.150 e. The molecule has 0 aliphatic carbocycles. The van der Waals surface area contributed by atoms with Gasteiger partial charge in [0.2, 0.25) is 0 Å². The SMILES string of the molecule is COc1ccc(CCS(=O)(=O)CCCN)cc1. The van der Waals surface area contributed by atoms with Crippen LogP contribution >= 0.6 is 0 Å². The third kappa shape index (κ3) is 5.19. The molecule has 2 N–H and O–H groups in total. The first-order valence-electron chi connectivity index (χ1n) is 5.61. The zero-order chi connectivity index (χ0) is 12.7. The summed E-state index contributed by atoms with van der Waals surface area (Å²) in [6.07, 6.45) is 1.07. The van der Waals surface area contributed by atoms with E-state index in [-0.39, 0.29) is 11.5 Å². The molecule has 0 amide bonds. The summed E-state index contributed by atoms with van der Waals surface area (Å²) in [6, 6.07) is 7.44. The number of methoxy groups -OCH3 is 1. The predicted octanol–water partition coefficient (Wildman–Crippen LogP) is 1.00. The molecule has 0 unspecified atom stereocenters. The Morgan fingerprint density at radius 3 is 2.35 bits per heavy atom. The lowest BCUT2D eigenvalue weighted by atomic mass is 10.2. The molecule has 4 nitrogen and oxygen atoms in total. The number of hydrogen-bond donors (Lipinski definition) is 1. The molecule has 1 rings (SSSR count). The normalized spacial score (nSPS) is 11.4. The molecule has 5 heteroatoms. The number of benzene rings is 1. The maximum absolute atomic E-state index is 11.6. The van der Waals surface area contributed by atoms with Crippen molar-refractivity contribution < 1.29 is 13.2 Å². The van der Waals surface area contributed by atoms with Crippen molar-refractivity contribution in [2.24, 2.45) is 5.73 Å². The van der Waals surface area contributed by atoms with Crippen molar-refractivity contribution in [3.8, 4) is 5.75 Å². The molecule has 1 aromatic carbocycles. The van der Waals surface area contributed by atoms with Gasteiger partial charge in [-0.05, 0) is 37.1 Å². The summed E-state index contributed by atoms with van der Waals surface area (Å²) < 4.78 is 28.2. The fourth-order valence-corrected chi connectivity index (χ4v) is 2.83. The molecule has 0 heterocycles. The molecule has 0 fully saturated rings. The molecule has 0 bridgehead atoms. The third-order valence-corrected chi connectivity index (χ3v) is 4.26. The maximum Gasteiger partial charge on any atom is 0.150 e. The fourth-order valence-electron chi connectivity index (χ4n) is 1.47. The average Bonchev–Trinajstić information content (AvgIpc) is 2.35. The summed E-state index contributed by atoms with van der Waals surface area (Å²) >= 11 is 0. The predicted molar refractivity (Wildman–Crippen MR) is 69.0 cm³/mol.